The van der Waals surface area contributed by atoms with Crippen LogP contribution in [0.25, 0.3) is 0 Å². The van der Waals surface area contributed by atoms with E-state index in [9.17, 15) is 0 Å². The van der Waals surface area contributed by atoms with Crippen LogP contribution in [0.4, 0.5) is 0 Å². The molecule has 2 rings (SSSR count). The van der Waals surface area contributed by atoms with Gasteiger partial charge >= 0.3 is 0 Å². The fourth-order valence-electron chi connectivity index (χ4n) is 1.39. The van der Waals surface area contributed by atoms with Gasteiger partial charge in [0, 0.05) is 0 Å². The summed E-state index contributed by atoms with van der Waals surface area (Å²) in [4.78, 5) is 7.90. The fourth-order valence-corrected chi connectivity index (χ4v) is 1.39. The summed E-state index contributed by atoms with van der Waals surface area (Å²) in [5.41, 5.74) is 1.04. The Bertz CT molecular complexity index is 500. The molecule has 0 fully saturated rings. The first-order chi connectivity index (χ1) is 8.81. The Morgan fingerprint density at radius 2 is 1.67 bits per heavy atom. The predicted molar refractivity (Wildman–Crippen MR) is 65.9 cm³/mol. The van der Waals surface area contributed by atoms with Gasteiger partial charge in [-0.1, -0.05) is 12.1 Å². The number of rotatable bonds is 5. The molecule has 0 aliphatic rings. The minimum absolute atomic E-state index is 0.435. The zero-order valence-electron chi connectivity index (χ0n) is 10.3. The molecular formula is C13H14N2O3. The summed E-state index contributed by atoms with van der Waals surface area (Å²) in [6.07, 6.45) is 1.40. The molecule has 0 aliphatic carbocycles. The minimum atomic E-state index is 0.435. The second-order valence-corrected chi connectivity index (χ2v) is 3.54. The van der Waals surface area contributed by atoms with Crippen molar-refractivity contribution in [3.63, 3.8) is 0 Å². The number of ether oxygens (including phenoxy) is 3. The largest absolute Gasteiger partial charge is 0.497 e. The molecule has 0 unspecified atom stereocenters. The van der Waals surface area contributed by atoms with Gasteiger partial charge in [-0.25, -0.2) is 9.97 Å². The molecule has 18 heavy (non-hydrogen) atoms. The van der Waals surface area contributed by atoms with E-state index in [-0.39, 0.29) is 0 Å². The lowest BCUT2D eigenvalue weighted by molar-refractivity contribution is 0.289. The third kappa shape index (κ3) is 3.10. The van der Waals surface area contributed by atoms with Crippen molar-refractivity contribution in [3.05, 3.63) is 42.2 Å². The molecule has 0 amide bonds. The molecule has 1 aromatic heterocycles. The topological polar surface area (TPSA) is 53.5 Å². The van der Waals surface area contributed by atoms with Gasteiger partial charge in [0.2, 0.25) is 11.8 Å². The molecular weight excluding hydrogens is 232 g/mol. The van der Waals surface area contributed by atoms with E-state index in [0.717, 1.165) is 11.3 Å². The van der Waals surface area contributed by atoms with Gasteiger partial charge in [-0.3, -0.25) is 0 Å². The van der Waals surface area contributed by atoms with Crippen LogP contribution in [0.15, 0.2) is 36.7 Å². The quantitative estimate of drug-likeness (QED) is 0.808. The summed E-state index contributed by atoms with van der Waals surface area (Å²) in [6, 6.07) is 9.30. The van der Waals surface area contributed by atoms with Gasteiger partial charge in [-0.2, -0.15) is 0 Å². The molecule has 0 radical (unpaired) electrons. The van der Waals surface area contributed by atoms with Crippen LogP contribution in [-0.2, 0) is 6.61 Å². The maximum Gasteiger partial charge on any atom is 0.220 e. The van der Waals surface area contributed by atoms with E-state index in [1.165, 1.54) is 6.33 Å². The number of methoxy groups -OCH3 is 2. The van der Waals surface area contributed by atoms with Gasteiger partial charge in [0.25, 0.3) is 0 Å². The van der Waals surface area contributed by atoms with Gasteiger partial charge in [0.15, 0.2) is 0 Å². The van der Waals surface area contributed by atoms with E-state index in [2.05, 4.69) is 9.97 Å². The molecule has 0 N–H and O–H groups in total. The fraction of sp³-hybridized carbons (Fsp3) is 0.231. The van der Waals surface area contributed by atoms with E-state index in [0.29, 0.717) is 18.4 Å². The van der Waals surface area contributed by atoms with Gasteiger partial charge in [0.05, 0.1) is 20.3 Å². The molecule has 0 saturated carbocycles. The molecule has 2 aromatic rings. The Morgan fingerprint density at radius 3 is 2.33 bits per heavy atom. The van der Waals surface area contributed by atoms with Crippen LogP contribution in [0, 0.1) is 0 Å². The van der Waals surface area contributed by atoms with Crippen LogP contribution in [0.3, 0.4) is 0 Å². The summed E-state index contributed by atoms with van der Waals surface area (Å²) in [7, 11) is 3.19. The Labute approximate surface area is 105 Å². The second kappa shape index (κ2) is 5.86. The lowest BCUT2D eigenvalue weighted by Gasteiger charge is -2.06. The van der Waals surface area contributed by atoms with E-state index in [1.54, 1.807) is 20.3 Å². The highest BCUT2D eigenvalue weighted by atomic mass is 16.5. The molecule has 94 valence electrons. The molecule has 5 heteroatoms. The highest BCUT2D eigenvalue weighted by Crippen LogP contribution is 2.16. The van der Waals surface area contributed by atoms with Gasteiger partial charge < -0.3 is 14.2 Å². The first-order valence-corrected chi connectivity index (χ1v) is 5.43. The van der Waals surface area contributed by atoms with E-state index in [4.69, 9.17) is 14.2 Å². The highest BCUT2D eigenvalue weighted by molar-refractivity contribution is 5.27. The molecule has 0 spiro atoms. The highest BCUT2D eigenvalue weighted by Gasteiger charge is 2.00. The number of aromatic nitrogens is 2. The van der Waals surface area contributed by atoms with E-state index < -0.39 is 0 Å². The summed E-state index contributed by atoms with van der Waals surface area (Å²) < 4.78 is 15.6. The standard InChI is InChI=1S/C13H14N2O3/c1-16-11-5-3-10(4-6-11)8-18-13-7-12(17-2)14-9-15-13/h3-7,9H,8H2,1-2H3. The Morgan fingerprint density at radius 1 is 0.944 bits per heavy atom. The number of benzene rings is 1. The Hall–Kier alpha value is -2.30. The van der Waals surface area contributed by atoms with Crippen LogP contribution in [-0.4, -0.2) is 24.2 Å². The molecule has 5 nitrogen and oxygen atoms in total. The average molecular weight is 246 g/mol. The summed E-state index contributed by atoms with van der Waals surface area (Å²) in [5, 5.41) is 0. The van der Waals surface area contributed by atoms with Crippen LogP contribution in [0.2, 0.25) is 0 Å². The smallest absolute Gasteiger partial charge is 0.220 e. The summed E-state index contributed by atoms with van der Waals surface area (Å²) in [6.45, 7) is 0.435. The van der Waals surface area contributed by atoms with Crippen molar-refractivity contribution in [1.82, 2.24) is 9.97 Å². The minimum Gasteiger partial charge on any atom is -0.497 e. The molecule has 0 bridgehead atoms. The van der Waals surface area contributed by atoms with Crippen LogP contribution in [0.5, 0.6) is 17.5 Å². The van der Waals surface area contributed by atoms with Crippen LogP contribution in [0.1, 0.15) is 5.56 Å². The molecule has 1 heterocycles. The van der Waals surface area contributed by atoms with Gasteiger partial charge in [-0.15, -0.1) is 0 Å². The average Bonchev–Trinajstić information content (AvgIpc) is 2.46. The zero-order valence-corrected chi connectivity index (χ0v) is 10.3. The van der Waals surface area contributed by atoms with Crippen molar-refractivity contribution in [2.45, 2.75) is 6.61 Å². The molecule has 0 aliphatic heterocycles. The van der Waals surface area contributed by atoms with E-state index in [1.807, 2.05) is 24.3 Å². The van der Waals surface area contributed by atoms with Crippen molar-refractivity contribution in [2.75, 3.05) is 14.2 Å². The monoisotopic (exact) mass is 246 g/mol. The van der Waals surface area contributed by atoms with Crippen molar-refractivity contribution < 1.29 is 14.2 Å². The summed E-state index contributed by atoms with van der Waals surface area (Å²) in [5.74, 6) is 1.79. The summed E-state index contributed by atoms with van der Waals surface area (Å²) >= 11 is 0. The Balaban J connectivity index is 1.97. The maximum atomic E-state index is 5.54. The molecule has 0 saturated heterocycles. The third-order valence-corrected chi connectivity index (χ3v) is 2.37. The molecule has 1 aromatic carbocycles. The predicted octanol–water partition coefficient (Wildman–Crippen LogP) is 2.07. The van der Waals surface area contributed by atoms with Crippen LogP contribution < -0.4 is 14.2 Å². The van der Waals surface area contributed by atoms with Crippen molar-refractivity contribution in [2.24, 2.45) is 0 Å². The number of nitrogens with zero attached hydrogens (tertiary/aromatic N) is 2. The van der Waals surface area contributed by atoms with Gasteiger partial charge in [0.1, 0.15) is 18.7 Å². The lowest BCUT2D eigenvalue weighted by Crippen LogP contribution is -1.98. The normalized spacial score (nSPS) is 9.89. The first-order valence-electron chi connectivity index (χ1n) is 5.43. The van der Waals surface area contributed by atoms with E-state index >= 15 is 0 Å². The second-order valence-electron chi connectivity index (χ2n) is 3.54. The maximum absolute atomic E-state index is 5.54. The number of hydrogen-bond acceptors (Lipinski definition) is 5. The lowest BCUT2D eigenvalue weighted by atomic mass is 10.2. The van der Waals surface area contributed by atoms with Crippen molar-refractivity contribution in [1.29, 1.82) is 0 Å². The SMILES string of the molecule is COc1ccc(COc2cc(OC)ncn2)cc1. The van der Waals surface area contributed by atoms with Crippen molar-refractivity contribution >= 4 is 0 Å². The first kappa shape index (κ1) is 12.2. The van der Waals surface area contributed by atoms with Crippen molar-refractivity contribution in [3.8, 4) is 17.5 Å². The number of hydrogen-bond donors (Lipinski definition) is 0. The van der Waals surface area contributed by atoms with Gasteiger partial charge in [-0.05, 0) is 17.7 Å². The Kier molecular flexibility index (Phi) is 3.96. The zero-order chi connectivity index (χ0) is 12.8. The van der Waals surface area contributed by atoms with Crippen LogP contribution >= 0.6 is 0 Å². The molecule has 0 atom stereocenters. The third-order valence-electron chi connectivity index (χ3n) is 2.37.